The molecule has 1 aliphatic rings. The van der Waals surface area contributed by atoms with E-state index in [9.17, 15) is 26.8 Å². The minimum Gasteiger partial charge on any atom is -0.348 e. The van der Waals surface area contributed by atoms with Crippen molar-refractivity contribution in [2.75, 3.05) is 13.1 Å². The number of hydrogen-bond acceptors (Lipinski definition) is 4. The van der Waals surface area contributed by atoms with Gasteiger partial charge in [-0.3, -0.25) is 9.59 Å². The molecule has 33 heavy (non-hydrogen) atoms. The second-order valence-electron chi connectivity index (χ2n) is 8.00. The molecule has 178 valence electrons. The molecule has 0 bridgehead atoms. The molecule has 1 saturated heterocycles. The van der Waals surface area contributed by atoms with E-state index in [1.807, 2.05) is 0 Å². The van der Waals surface area contributed by atoms with Crippen LogP contribution in [0.1, 0.15) is 36.8 Å². The maximum Gasteiger partial charge on any atom is 0.309 e. The Bertz CT molecular complexity index is 1120. The molecular weight excluding hydrogens is 452 g/mol. The number of benzene rings is 2. The molecule has 0 unspecified atom stereocenters. The van der Waals surface area contributed by atoms with E-state index in [0.717, 1.165) is 12.5 Å². The predicted molar refractivity (Wildman–Crippen MR) is 119 cm³/mol. The fraction of sp³-hybridized carbons (Fsp3) is 0.391. The van der Waals surface area contributed by atoms with E-state index >= 15 is 0 Å². The molecule has 1 fully saturated rings. The van der Waals surface area contributed by atoms with Gasteiger partial charge in [0.1, 0.15) is 11.6 Å². The number of nitrogens with zero attached hydrogens (tertiary/aromatic N) is 1. The van der Waals surface area contributed by atoms with Crippen LogP contribution in [0.2, 0.25) is 0 Å². The summed E-state index contributed by atoms with van der Waals surface area (Å²) in [4.78, 5) is 24.1. The number of piperidine rings is 1. The zero-order valence-electron chi connectivity index (χ0n) is 18.3. The zero-order chi connectivity index (χ0) is 24.0. The summed E-state index contributed by atoms with van der Waals surface area (Å²) >= 11 is 0. The number of amides is 2. The van der Waals surface area contributed by atoms with Gasteiger partial charge in [0.05, 0.1) is 4.90 Å². The van der Waals surface area contributed by atoms with Gasteiger partial charge in [-0.25, -0.2) is 17.2 Å². The summed E-state index contributed by atoms with van der Waals surface area (Å²) in [5.74, 6) is -2.72. The van der Waals surface area contributed by atoms with E-state index in [-0.39, 0.29) is 35.2 Å². The van der Waals surface area contributed by atoms with E-state index in [4.69, 9.17) is 0 Å². The first-order valence-corrected chi connectivity index (χ1v) is 12.2. The van der Waals surface area contributed by atoms with Crippen molar-refractivity contribution in [3.63, 3.8) is 0 Å². The van der Waals surface area contributed by atoms with Crippen molar-refractivity contribution < 1.29 is 26.8 Å². The second-order valence-corrected chi connectivity index (χ2v) is 9.89. The van der Waals surface area contributed by atoms with Gasteiger partial charge < -0.3 is 10.6 Å². The van der Waals surface area contributed by atoms with Crippen molar-refractivity contribution in [3.8, 4) is 0 Å². The number of carbonyl (C=O) groups excluding carboxylic acids is 2. The lowest BCUT2D eigenvalue weighted by Gasteiger charge is -2.34. The summed E-state index contributed by atoms with van der Waals surface area (Å²) in [6.45, 7) is 1.82. The number of halogens is 2. The Kier molecular flexibility index (Phi) is 8.15. The summed E-state index contributed by atoms with van der Waals surface area (Å²) in [6.07, 6.45) is 2.50. The number of nitrogens with one attached hydrogen (secondary N) is 2. The van der Waals surface area contributed by atoms with Crippen LogP contribution in [0.25, 0.3) is 0 Å². The third-order valence-electron chi connectivity index (χ3n) is 5.68. The molecule has 0 radical (unpaired) electrons. The average Bonchev–Trinajstić information content (AvgIpc) is 2.80. The first-order chi connectivity index (χ1) is 15.7. The van der Waals surface area contributed by atoms with Gasteiger partial charge in [-0.2, -0.15) is 4.31 Å². The van der Waals surface area contributed by atoms with Crippen molar-refractivity contribution in [2.45, 2.75) is 50.1 Å². The zero-order valence-corrected chi connectivity index (χ0v) is 19.1. The number of rotatable bonds is 7. The standard InChI is InChI=1S/C23H27F2N3O4S/c1-16-14-19(9-10-20(16)24)33(31,32)28-13-5-4-7-18(28)11-12-26-22(29)23(30)27-15-17-6-2-3-8-21(17)25/h2-3,6,8-10,14,18H,4-5,7,11-13,15H2,1H3,(H,26,29)(H,27,30)/t18-/m1/s1. The van der Waals surface area contributed by atoms with Crippen molar-refractivity contribution in [3.05, 3.63) is 65.2 Å². The third kappa shape index (κ3) is 6.14. The van der Waals surface area contributed by atoms with Crippen LogP contribution in [0.15, 0.2) is 47.4 Å². The summed E-state index contributed by atoms with van der Waals surface area (Å²) in [6, 6.07) is 9.29. The maximum atomic E-state index is 13.6. The van der Waals surface area contributed by atoms with Crippen LogP contribution in [0.3, 0.4) is 0 Å². The van der Waals surface area contributed by atoms with Crippen molar-refractivity contribution in [2.24, 2.45) is 0 Å². The molecule has 0 aliphatic carbocycles. The molecule has 1 aliphatic heterocycles. The van der Waals surface area contributed by atoms with E-state index in [1.54, 1.807) is 6.07 Å². The average molecular weight is 480 g/mol. The quantitative estimate of drug-likeness (QED) is 0.597. The molecule has 0 spiro atoms. The Balaban J connectivity index is 1.55. The molecule has 1 heterocycles. The van der Waals surface area contributed by atoms with Gasteiger partial charge >= 0.3 is 11.8 Å². The molecule has 1 atom stereocenters. The Morgan fingerprint density at radius 2 is 1.76 bits per heavy atom. The van der Waals surface area contributed by atoms with Gasteiger partial charge in [-0.1, -0.05) is 24.6 Å². The van der Waals surface area contributed by atoms with Gasteiger partial charge in [0.15, 0.2) is 0 Å². The lowest BCUT2D eigenvalue weighted by atomic mass is 10.0. The molecule has 2 aromatic rings. The fourth-order valence-electron chi connectivity index (χ4n) is 3.82. The van der Waals surface area contributed by atoms with Crippen molar-refractivity contribution in [1.82, 2.24) is 14.9 Å². The van der Waals surface area contributed by atoms with Crippen LogP contribution in [0.4, 0.5) is 8.78 Å². The van der Waals surface area contributed by atoms with E-state index in [0.29, 0.717) is 25.8 Å². The normalized spacial score (nSPS) is 16.9. The van der Waals surface area contributed by atoms with Crippen LogP contribution in [0, 0.1) is 18.6 Å². The highest BCUT2D eigenvalue weighted by Crippen LogP contribution is 2.27. The molecular formula is C23H27F2N3O4S. The lowest BCUT2D eigenvalue weighted by Crippen LogP contribution is -2.46. The SMILES string of the molecule is Cc1cc(S(=O)(=O)N2CCCC[C@@H]2CCNC(=O)C(=O)NCc2ccccc2F)ccc1F. The van der Waals surface area contributed by atoms with Crippen LogP contribution >= 0.6 is 0 Å². The maximum absolute atomic E-state index is 13.6. The first kappa shape index (κ1) is 24.8. The Morgan fingerprint density at radius 1 is 1.03 bits per heavy atom. The highest BCUT2D eigenvalue weighted by molar-refractivity contribution is 7.89. The summed E-state index contributed by atoms with van der Waals surface area (Å²) in [5.41, 5.74) is 0.510. The Hall–Kier alpha value is -2.85. The lowest BCUT2D eigenvalue weighted by molar-refractivity contribution is -0.139. The van der Waals surface area contributed by atoms with Gasteiger partial charge in [-0.05, 0) is 56.0 Å². The molecule has 10 heteroatoms. The molecule has 0 aromatic heterocycles. The third-order valence-corrected chi connectivity index (χ3v) is 7.62. The molecule has 3 rings (SSSR count). The van der Waals surface area contributed by atoms with E-state index in [2.05, 4.69) is 10.6 Å². The van der Waals surface area contributed by atoms with Crippen LogP contribution in [0.5, 0.6) is 0 Å². The van der Waals surface area contributed by atoms with Crippen molar-refractivity contribution >= 4 is 21.8 Å². The Morgan fingerprint density at radius 3 is 2.48 bits per heavy atom. The monoisotopic (exact) mass is 479 g/mol. The Labute approximate surface area is 192 Å². The molecule has 2 amide bonds. The van der Waals surface area contributed by atoms with Gasteiger partial charge in [0.25, 0.3) is 0 Å². The molecule has 7 nitrogen and oxygen atoms in total. The van der Waals surface area contributed by atoms with E-state index in [1.165, 1.54) is 41.6 Å². The summed E-state index contributed by atoms with van der Waals surface area (Å²) in [5, 5.41) is 4.86. The second kappa shape index (κ2) is 10.8. The summed E-state index contributed by atoms with van der Waals surface area (Å²) < 4.78 is 54.9. The fourth-order valence-corrected chi connectivity index (χ4v) is 5.63. The molecule has 2 N–H and O–H groups in total. The highest BCUT2D eigenvalue weighted by Gasteiger charge is 2.33. The minimum atomic E-state index is -3.82. The van der Waals surface area contributed by atoms with Gasteiger partial charge in [0.2, 0.25) is 10.0 Å². The number of sulfonamides is 1. The van der Waals surface area contributed by atoms with Gasteiger partial charge in [0, 0.05) is 31.2 Å². The number of hydrogen-bond donors (Lipinski definition) is 2. The first-order valence-electron chi connectivity index (χ1n) is 10.8. The number of carbonyl (C=O) groups is 2. The van der Waals surface area contributed by atoms with Crippen molar-refractivity contribution in [1.29, 1.82) is 0 Å². The smallest absolute Gasteiger partial charge is 0.309 e. The number of aryl methyl sites for hydroxylation is 1. The topological polar surface area (TPSA) is 95.6 Å². The largest absolute Gasteiger partial charge is 0.348 e. The molecule has 0 saturated carbocycles. The van der Waals surface area contributed by atoms with Gasteiger partial charge in [-0.15, -0.1) is 0 Å². The molecule has 2 aromatic carbocycles. The summed E-state index contributed by atoms with van der Waals surface area (Å²) in [7, 11) is -3.82. The van der Waals surface area contributed by atoms with Crippen LogP contribution in [-0.4, -0.2) is 43.7 Å². The van der Waals surface area contributed by atoms with Crippen LogP contribution < -0.4 is 10.6 Å². The van der Waals surface area contributed by atoms with Crippen LogP contribution in [-0.2, 0) is 26.2 Å². The minimum absolute atomic E-state index is 0.0323. The highest BCUT2D eigenvalue weighted by atomic mass is 32.2. The van der Waals surface area contributed by atoms with E-state index < -0.39 is 33.5 Å². The predicted octanol–water partition coefficient (Wildman–Crippen LogP) is 2.64.